The van der Waals surface area contributed by atoms with Gasteiger partial charge in [-0.25, -0.2) is 0 Å². The van der Waals surface area contributed by atoms with E-state index in [0.717, 1.165) is 12.3 Å². The Morgan fingerprint density at radius 1 is 1.46 bits per heavy atom. The lowest BCUT2D eigenvalue weighted by Crippen LogP contribution is -2.28. The molecule has 0 aromatic rings. The van der Waals surface area contributed by atoms with E-state index in [9.17, 15) is 0 Å². The molecule has 0 aromatic heterocycles. The summed E-state index contributed by atoms with van der Waals surface area (Å²) in [5.41, 5.74) is 0. The molecule has 2 heteroatoms. The molecule has 0 aliphatic carbocycles. The Morgan fingerprint density at radius 3 is 2.77 bits per heavy atom. The Hall–Kier alpha value is -0.520. The van der Waals surface area contributed by atoms with Crippen LogP contribution in [0.5, 0.6) is 0 Å². The number of hydrogen-bond donors (Lipinski definition) is 1. The van der Waals surface area contributed by atoms with E-state index in [4.69, 9.17) is 5.11 Å². The number of rotatable bonds is 2. The lowest BCUT2D eigenvalue weighted by atomic mass is 10.1. The molecule has 0 saturated carbocycles. The quantitative estimate of drug-likeness (QED) is 0.645. The second-order valence-corrected chi connectivity index (χ2v) is 3.96. The predicted octanol–water partition coefficient (Wildman–Crippen LogP) is 1.10. The lowest BCUT2D eigenvalue weighted by molar-refractivity contribution is 0.266. The van der Waals surface area contributed by atoms with Gasteiger partial charge in [-0.15, -0.1) is 5.92 Å². The fourth-order valence-electron chi connectivity index (χ4n) is 1.77. The monoisotopic (exact) mass is 181 g/mol. The highest BCUT2D eigenvalue weighted by molar-refractivity contribution is 5.01. The minimum absolute atomic E-state index is 0.000610. The summed E-state index contributed by atoms with van der Waals surface area (Å²) in [6.45, 7) is 6.87. The van der Waals surface area contributed by atoms with Crippen LogP contribution < -0.4 is 0 Å². The smallest absolute Gasteiger partial charge is 0.104 e. The fourth-order valence-corrected chi connectivity index (χ4v) is 1.77. The van der Waals surface area contributed by atoms with E-state index in [2.05, 4.69) is 30.6 Å². The summed E-state index contributed by atoms with van der Waals surface area (Å²) >= 11 is 0. The molecular formula is C11H19NO. The van der Waals surface area contributed by atoms with Crippen molar-refractivity contribution in [1.29, 1.82) is 0 Å². The van der Waals surface area contributed by atoms with Crippen molar-refractivity contribution in [3.63, 3.8) is 0 Å². The van der Waals surface area contributed by atoms with Crippen LogP contribution >= 0.6 is 0 Å². The van der Waals surface area contributed by atoms with Crippen LogP contribution in [-0.4, -0.2) is 35.7 Å². The van der Waals surface area contributed by atoms with E-state index >= 15 is 0 Å². The van der Waals surface area contributed by atoms with Crippen molar-refractivity contribution < 1.29 is 5.11 Å². The molecule has 1 aliphatic rings. The third kappa shape index (κ3) is 3.38. The minimum atomic E-state index is 0.000610. The molecule has 1 aliphatic heterocycles. The maximum absolute atomic E-state index is 8.50. The maximum Gasteiger partial charge on any atom is 0.104 e. The van der Waals surface area contributed by atoms with Crippen LogP contribution in [0.25, 0.3) is 0 Å². The summed E-state index contributed by atoms with van der Waals surface area (Å²) in [7, 11) is 0. The molecule has 1 fully saturated rings. The van der Waals surface area contributed by atoms with Gasteiger partial charge in [0.25, 0.3) is 0 Å². The third-order valence-electron chi connectivity index (χ3n) is 2.64. The minimum Gasteiger partial charge on any atom is -0.384 e. The van der Waals surface area contributed by atoms with Crippen molar-refractivity contribution in [2.24, 2.45) is 5.92 Å². The van der Waals surface area contributed by atoms with Crippen molar-refractivity contribution in [1.82, 2.24) is 4.90 Å². The van der Waals surface area contributed by atoms with Crippen LogP contribution in [0, 0.1) is 17.8 Å². The first kappa shape index (κ1) is 10.6. The van der Waals surface area contributed by atoms with Gasteiger partial charge in [0.15, 0.2) is 0 Å². The summed E-state index contributed by atoms with van der Waals surface area (Å²) in [6.07, 6.45) is 2.21. The van der Waals surface area contributed by atoms with E-state index in [0.29, 0.717) is 6.04 Å². The van der Waals surface area contributed by atoms with Gasteiger partial charge in [0.1, 0.15) is 6.61 Å². The van der Waals surface area contributed by atoms with Crippen LogP contribution in [0.3, 0.4) is 0 Å². The Labute approximate surface area is 80.9 Å². The second-order valence-electron chi connectivity index (χ2n) is 3.96. The maximum atomic E-state index is 8.50. The van der Waals surface area contributed by atoms with Gasteiger partial charge in [-0.2, -0.15) is 0 Å². The van der Waals surface area contributed by atoms with Crippen LogP contribution in [0.1, 0.15) is 26.7 Å². The highest BCUT2D eigenvalue weighted by Gasteiger charge is 2.22. The highest BCUT2D eigenvalue weighted by atomic mass is 16.2. The molecule has 1 atom stereocenters. The average molecular weight is 181 g/mol. The fraction of sp³-hybridized carbons (Fsp3) is 0.818. The summed E-state index contributed by atoms with van der Waals surface area (Å²) in [5, 5.41) is 8.50. The summed E-state index contributed by atoms with van der Waals surface area (Å²) in [6, 6.07) is 0.663. The predicted molar refractivity (Wildman–Crippen MR) is 54.3 cm³/mol. The topological polar surface area (TPSA) is 23.5 Å². The molecule has 13 heavy (non-hydrogen) atoms. The Bertz CT molecular complexity index is 202. The zero-order valence-electron chi connectivity index (χ0n) is 8.58. The molecule has 1 unspecified atom stereocenters. The van der Waals surface area contributed by atoms with Crippen molar-refractivity contribution in [3.8, 4) is 11.8 Å². The van der Waals surface area contributed by atoms with E-state index in [1.165, 1.54) is 19.5 Å². The van der Waals surface area contributed by atoms with Crippen LogP contribution in [0.2, 0.25) is 0 Å². The highest BCUT2D eigenvalue weighted by Crippen LogP contribution is 2.20. The van der Waals surface area contributed by atoms with Gasteiger partial charge >= 0.3 is 0 Å². The second kappa shape index (κ2) is 5.26. The molecule has 1 rings (SSSR count). The summed E-state index contributed by atoms with van der Waals surface area (Å²) < 4.78 is 0. The molecule has 74 valence electrons. The lowest BCUT2D eigenvalue weighted by Gasteiger charge is -2.19. The molecule has 1 heterocycles. The zero-order valence-corrected chi connectivity index (χ0v) is 8.58. The standard InChI is InChI=1S/C11H19NO/c1-10(2)12-7-6-11(9-12)5-3-4-8-13/h10-11,13H,5-9H2,1-2H3. The number of aliphatic hydroxyl groups excluding tert-OH is 1. The molecule has 0 amide bonds. The Kier molecular flexibility index (Phi) is 4.27. The first-order valence-electron chi connectivity index (χ1n) is 5.04. The van der Waals surface area contributed by atoms with Gasteiger partial charge in [-0.1, -0.05) is 5.92 Å². The number of likely N-dealkylation sites (tertiary alicyclic amines) is 1. The first-order valence-corrected chi connectivity index (χ1v) is 5.04. The van der Waals surface area contributed by atoms with Gasteiger partial charge < -0.3 is 10.0 Å². The van der Waals surface area contributed by atoms with Crippen molar-refractivity contribution in [2.75, 3.05) is 19.7 Å². The normalized spacial score (nSPS) is 23.2. The molecule has 0 radical (unpaired) electrons. The van der Waals surface area contributed by atoms with E-state index in [1.54, 1.807) is 0 Å². The SMILES string of the molecule is CC(C)N1CCC(CC#CCO)C1. The van der Waals surface area contributed by atoms with Crippen LogP contribution in [0.15, 0.2) is 0 Å². The van der Waals surface area contributed by atoms with Crippen molar-refractivity contribution in [3.05, 3.63) is 0 Å². The van der Waals surface area contributed by atoms with E-state index in [1.807, 2.05) is 0 Å². The molecule has 0 bridgehead atoms. The van der Waals surface area contributed by atoms with E-state index in [-0.39, 0.29) is 6.61 Å². The Morgan fingerprint density at radius 2 is 2.23 bits per heavy atom. The van der Waals surface area contributed by atoms with Crippen molar-refractivity contribution in [2.45, 2.75) is 32.7 Å². The van der Waals surface area contributed by atoms with Crippen molar-refractivity contribution >= 4 is 0 Å². The third-order valence-corrected chi connectivity index (χ3v) is 2.64. The zero-order chi connectivity index (χ0) is 9.68. The number of hydrogen-bond acceptors (Lipinski definition) is 2. The molecule has 0 spiro atoms. The summed E-state index contributed by atoms with van der Waals surface area (Å²) in [4.78, 5) is 2.49. The molecule has 2 nitrogen and oxygen atoms in total. The average Bonchev–Trinajstić information content (AvgIpc) is 2.53. The molecule has 1 saturated heterocycles. The first-order chi connectivity index (χ1) is 6.24. The largest absolute Gasteiger partial charge is 0.384 e. The number of aliphatic hydroxyl groups is 1. The van der Waals surface area contributed by atoms with E-state index < -0.39 is 0 Å². The Balaban J connectivity index is 2.25. The molecule has 0 aromatic carbocycles. The van der Waals surface area contributed by atoms with Crippen LogP contribution in [0.4, 0.5) is 0 Å². The number of nitrogens with zero attached hydrogens (tertiary/aromatic N) is 1. The van der Waals surface area contributed by atoms with Gasteiger partial charge in [0.2, 0.25) is 0 Å². The molecule has 1 N–H and O–H groups in total. The summed E-state index contributed by atoms with van der Waals surface area (Å²) in [5.74, 6) is 6.44. The van der Waals surface area contributed by atoms with Gasteiger partial charge in [0.05, 0.1) is 0 Å². The van der Waals surface area contributed by atoms with Gasteiger partial charge in [0, 0.05) is 19.0 Å². The molecular weight excluding hydrogens is 162 g/mol. The van der Waals surface area contributed by atoms with Gasteiger partial charge in [-0.3, -0.25) is 0 Å². The van der Waals surface area contributed by atoms with Crippen LogP contribution in [-0.2, 0) is 0 Å². The van der Waals surface area contributed by atoms with Gasteiger partial charge in [-0.05, 0) is 32.7 Å².